The van der Waals surface area contributed by atoms with E-state index >= 15 is 0 Å². The molecule has 0 aliphatic heterocycles. The van der Waals surface area contributed by atoms with E-state index in [1.165, 1.54) is 19.3 Å². The number of hydrogen-bond donors (Lipinski definition) is 0. The van der Waals surface area contributed by atoms with Crippen LogP contribution < -0.4 is 0 Å². The minimum atomic E-state index is 0.800. The van der Waals surface area contributed by atoms with Crippen molar-refractivity contribution in [3.05, 3.63) is 0 Å². The number of hydrogen-bond acceptors (Lipinski definition) is 1. The van der Waals surface area contributed by atoms with Gasteiger partial charge in [-0.05, 0) is 18.8 Å². The van der Waals surface area contributed by atoms with Crippen LogP contribution in [0.1, 0.15) is 33.1 Å². The monoisotopic (exact) mass is 142 g/mol. The van der Waals surface area contributed by atoms with Crippen LogP contribution in [0.25, 0.3) is 0 Å². The summed E-state index contributed by atoms with van der Waals surface area (Å²) >= 11 is 0. The maximum atomic E-state index is 5.35. The SMILES string of the molecule is CCOCC(C)C1CCC1. The molecule has 1 atom stereocenters. The number of ether oxygens (including phenoxy) is 1. The third-order valence-electron chi connectivity index (χ3n) is 2.54. The number of rotatable bonds is 4. The van der Waals surface area contributed by atoms with Gasteiger partial charge in [0.1, 0.15) is 0 Å². The summed E-state index contributed by atoms with van der Waals surface area (Å²) in [5.74, 6) is 1.78. The average Bonchev–Trinajstić information content (AvgIpc) is 1.79. The zero-order valence-corrected chi connectivity index (χ0v) is 7.10. The lowest BCUT2D eigenvalue weighted by Crippen LogP contribution is -2.23. The molecule has 0 radical (unpaired) electrons. The molecule has 0 amide bonds. The lowest BCUT2D eigenvalue weighted by Gasteiger charge is -2.31. The van der Waals surface area contributed by atoms with E-state index in [4.69, 9.17) is 4.74 Å². The lowest BCUT2D eigenvalue weighted by atomic mass is 9.77. The summed E-state index contributed by atoms with van der Waals surface area (Å²) in [5.41, 5.74) is 0. The third kappa shape index (κ3) is 1.98. The second-order valence-electron chi connectivity index (χ2n) is 3.33. The summed E-state index contributed by atoms with van der Waals surface area (Å²) in [6.07, 6.45) is 4.32. The first-order valence-electron chi connectivity index (χ1n) is 4.42. The van der Waals surface area contributed by atoms with Crippen molar-refractivity contribution < 1.29 is 4.74 Å². The van der Waals surface area contributed by atoms with Crippen molar-refractivity contribution in [3.63, 3.8) is 0 Å². The Balaban J connectivity index is 2.02. The van der Waals surface area contributed by atoms with Crippen LogP contribution in [0.15, 0.2) is 0 Å². The molecule has 10 heavy (non-hydrogen) atoms. The minimum absolute atomic E-state index is 0.800. The predicted octanol–water partition coefficient (Wildman–Crippen LogP) is 2.46. The van der Waals surface area contributed by atoms with E-state index in [0.717, 1.165) is 25.0 Å². The summed E-state index contributed by atoms with van der Waals surface area (Å²) in [6.45, 7) is 6.21. The van der Waals surface area contributed by atoms with Crippen LogP contribution in [0.4, 0.5) is 0 Å². The molecule has 0 aromatic rings. The van der Waals surface area contributed by atoms with Crippen molar-refractivity contribution >= 4 is 0 Å². The Kier molecular flexibility index (Phi) is 3.20. The van der Waals surface area contributed by atoms with Gasteiger partial charge in [0.2, 0.25) is 0 Å². The predicted molar refractivity (Wildman–Crippen MR) is 43.0 cm³/mol. The van der Waals surface area contributed by atoms with Gasteiger partial charge < -0.3 is 4.74 Å². The molecular weight excluding hydrogens is 124 g/mol. The van der Waals surface area contributed by atoms with Gasteiger partial charge in [-0.25, -0.2) is 0 Å². The summed E-state index contributed by atoms with van der Waals surface area (Å²) < 4.78 is 5.35. The van der Waals surface area contributed by atoms with Crippen LogP contribution in [0.3, 0.4) is 0 Å². The van der Waals surface area contributed by atoms with E-state index in [1.54, 1.807) is 0 Å². The molecule has 60 valence electrons. The van der Waals surface area contributed by atoms with Gasteiger partial charge in [0.25, 0.3) is 0 Å². The molecule has 0 N–H and O–H groups in total. The van der Waals surface area contributed by atoms with Crippen molar-refractivity contribution in [2.45, 2.75) is 33.1 Å². The van der Waals surface area contributed by atoms with Gasteiger partial charge in [0, 0.05) is 13.2 Å². The van der Waals surface area contributed by atoms with Crippen LogP contribution in [0.5, 0.6) is 0 Å². The Hall–Kier alpha value is -0.0400. The first-order valence-corrected chi connectivity index (χ1v) is 4.42. The zero-order valence-electron chi connectivity index (χ0n) is 7.10. The molecule has 1 heteroatoms. The molecule has 1 aliphatic rings. The van der Waals surface area contributed by atoms with Crippen molar-refractivity contribution in [2.75, 3.05) is 13.2 Å². The molecule has 1 fully saturated rings. The normalized spacial score (nSPS) is 22.2. The maximum absolute atomic E-state index is 5.35. The second-order valence-corrected chi connectivity index (χ2v) is 3.33. The van der Waals surface area contributed by atoms with E-state index in [0.29, 0.717) is 0 Å². The second kappa shape index (κ2) is 3.97. The molecule has 1 unspecified atom stereocenters. The van der Waals surface area contributed by atoms with Gasteiger partial charge in [-0.15, -0.1) is 0 Å². The highest BCUT2D eigenvalue weighted by Gasteiger charge is 2.23. The molecule has 0 bridgehead atoms. The van der Waals surface area contributed by atoms with Crippen LogP contribution in [-0.2, 0) is 4.74 Å². The van der Waals surface area contributed by atoms with Crippen LogP contribution in [0.2, 0.25) is 0 Å². The fourth-order valence-corrected chi connectivity index (χ4v) is 1.45. The Morgan fingerprint density at radius 3 is 2.60 bits per heavy atom. The van der Waals surface area contributed by atoms with Crippen molar-refractivity contribution in [2.24, 2.45) is 11.8 Å². The highest BCUT2D eigenvalue weighted by molar-refractivity contribution is 4.74. The molecular formula is C9H18O. The fourth-order valence-electron chi connectivity index (χ4n) is 1.45. The highest BCUT2D eigenvalue weighted by atomic mass is 16.5. The first kappa shape index (κ1) is 8.06. The van der Waals surface area contributed by atoms with Gasteiger partial charge in [-0.1, -0.05) is 26.2 Å². The minimum Gasteiger partial charge on any atom is -0.381 e. The van der Waals surface area contributed by atoms with Gasteiger partial charge >= 0.3 is 0 Å². The zero-order chi connectivity index (χ0) is 7.40. The summed E-state index contributed by atoms with van der Waals surface area (Å²) in [7, 11) is 0. The van der Waals surface area contributed by atoms with Gasteiger partial charge in [-0.3, -0.25) is 0 Å². The van der Waals surface area contributed by atoms with Gasteiger partial charge in [0.05, 0.1) is 0 Å². The maximum Gasteiger partial charge on any atom is 0.0494 e. The van der Waals surface area contributed by atoms with Crippen LogP contribution in [-0.4, -0.2) is 13.2 Å². The quantitative estimate of drug-likeness (QED) is 0.586. The van der Waals surface area contributed by atoms with E-state index in [9.17, 15) is 0 Å². The Bertz CT molecular complexity index is 86.7. The highest BCUT2D eigenvalue weighted by Crippen LogP contribution is 2.33. The summed E-state index contributed by atoms with van der Waals surface area (Å²) in [6, 6.07) is 0. The molecule has 0 aromatic carbocycles. The van der Waals surface area contributed by atoms with E-state index < -0.39 is 0 Å². The Morgan fingerprint density at radius 2 is 2.20 bits per heavy atom. The summed E-state index contributed by atoms with van der Waals surface area (Å²) in [5, 5.41) is 0. The molecule has 0 aromatic heterocycles. The smallest absolute Gasteiger partial charge is 0.0494 e. The average molecular weight is 142 g/mol. The van der Waals surface area contributed by atoms with Gasteiger partial charge in [-0.2, -0.15) is 0 Å². The summed E-state index contributed by atoms with van der Waals surface area (Å²) in [4.78, 5) is 0. The molecule has 1 saturated carbocycles. The molecule has 1 aliphatic carbocycles. The van der Waals surface area contributed by atoms with Crippen LogP contribution >= 0.6 is 0 Å². The van der Waals surface area contributed by atoms with Crippen molar-refractivity contribution in [1.29, 1.82) is 0 Å². The fraction of sp³-hybridized carbons (Fsp3) is 1.00. The Labute approximate surface area is 63.8 Å². The van der Waals surface area contributed by atoms with Crippen LogP contribution in [0, 0.1) is 11.8 Å². The van der Waals surface area contributed by atoms with Crippen molar-refractivity contribution in [1.82, 2.24) is 0 Å². The Morgan fingerprint density at radius 1 is 1.50 bits per heavy atom. The van der Waals surface area contributed by atoms with Gasteiger partial charge in [0.15, 0.2) is 0 Å². The topological polar surface area (TPSA) is 9.23 Å². The van der Waals surface area contributed by atoms with Crippen molar-refractivity contribution in [3.8, 4) is 0 Å². The molecule has 0 heterocycles. The van der Waals surface area contributed by atoms with E-state index in [2.05, 4.69) is 13.8 Å². The van der Waals surface area contributed by atoms with E-state index in [-0.39, 0.29) is 0 Å². The lowest BCUT2D eigenvalue weighted by molar-refractivity contribution is 0.0710. The molecule has 0 saturated heterocycles. The van der Waals surface area contributed by atoms with E-state index in [1.807, 2.05) is 0 Å². The first-order chi connectivity index (χ1) is 4.84. The largest absolute Gasteiger partial charge is 0.381 e. The molecule has 0 spiro atoms. The standard InChI is InChI=1S/C9H18O/c1-3-10-7-8(2)9-5-4-6-9/h8-9H,3-7H2,1-2H3. The third-order valence-corrected chi connectivity index (χ3v) is 2.54. The molecule has 1 rings (SSSR count). The molecule has 1 nitrogen and oxygen atoms in total.